The van der Waals surface area contributed by atoms with Crippen molar-refractivity contribution in [1.82, 2.24) is 0 Å². The molecule has 0 heterocycles. The van der Waals surface area contributed by atoms with Crippen LogP contribution in [0.3, 0.4) is 0 Å². The summed E-state index contributed by atoms with van der Waals surface area (Å²) in [6.45, 7) is 11.8. The minimum atomic E-state index is -0.423. The van der Waals surface area contributed by atoms with Gasteiger partial charge in [0.05, 0.1) is 6.04 Å². The molecule has 3 nitrogen and oxygen atoms in total. The number of carbonyl (C=O) groups excluding carboxylic acids is 1. The van der Waals surface area contributed by atoms with E-state index in [0.29, 0.717) is 12.0 Å². The molecule has 0 bridgehead atoms. The SMILES string of the molecule is C=C=C(CCC1=CCC(C)=C(C)C=C1)CC(N=CC)C(=CC)C(N)=O. The fourth-order valence-electron chi connectivity index (χ4n) is 2.79. The number of nitrogens with zero attached hydrogens (tertiary/aromatic N) is 1. The van der Waals surface area contributed by atoms with Gasteiger partial charge < -0.3 is 5.73 Å². The molecular formula is C22H30N2O. The third kappa shape index (κ3) is 6.56. The van der Waals surface area contributed by atoms with Crippen LogP contribution >= 0.6 is 0 Å². The molecule has 0 aromatic heterocycles. The van der Waals surface area contributed by atoms with Crippen LogP contribution in [0.5, 0.6) is 0 Å². The highest BCUT2D eigenvalue weighted by atomic mass is 16.1. The molecule has 1 aliphatic rings. The van der Waals surface area contributed by atoms with Crippen molar-refractivity contribution in [3.63, 3.8) is 0 Å². The molecule has 2 N–H and O–H groups in total. The minimum absolute atomic E-state index is 0.262. The smallest absolute Gasteiger partial charge is 0.246 e. The zero-order valence-corrected chi connectivity index (χ0v) is 15.9. The van der Waals surface area contributed by atoms with Gasteiger partial charge in [-0.3, -0.25) is 9.79 Å². The maximum absolute atomic E-state index is 11.6. The van der Waals surface area contributed by atoms with Crippen LogP contribution in [0.1, 0.15) is 53.4 Å². The highest BCUT2D eigenvalue weighted by molar-refractivity contribution is 5.93. The molecule has 1 atom stereocenters. The first-order valence-corrected chi connectivity index (χ1v) is 8.77. The van der Waals surface area contributed by atoms with Crippen LogP contribution in [-0.2, 0) is 4.79 Å². The predicted molar refractivity (Wildman–Crippen MR) is 108 cm³/mol. The van der Waals surface area contributed by atoms with E-state index in [1.807, 2.05) is 13.8 Å². The van der Waals surface area contributed by atoms with Gasteiger partial charge in [-0.05, 0) is 58.7 Å². The number of hydrogen-bond donors (Lipinski definition) is 1. The second-order valence-electron chi connectivity index (χ2n) is 6.30. The van der Waals surface area contributed by atoms with E-state index in [0.717, 1.165) is 24.8 Å². The first-order chi connectivity index (χ1) is 11.9. The molecule has 1 aliphatic carbocycles. The second-order valence-corrected chi connectivity index (χ2v) is 6.30. The fraction of sp³-hybridized carbons (Fsp3) is 0.409. The maximum atomic E-state index is 11.6. The van der Waals surface area contributed by atoms with E-state index in [-0.39, 0.29) is 6.04 Å². The van der Waals surface area contributed by atoms with Gasteiger partial charge in [0.1, 0.15) is 0 Å². The van der Waals surface area contributed by atoms with Gasteiger partial charge in [-0.15, -0.1) is 5.73 Å². The maximum Gasteiger partial charge on any atom is 0.246 e. The zero-order valence-electron chi connectivity index (χ0n) is 15.9. The molecule has 0 saturated carbocycles. The quantitative estimate of drug-likeness (QED) is 0.379. The third-order valence-electron chi connectivity index (χ3n) is 4.58. The summed E-state index contributed by atoms with van der Waals surface area (Å²) in [5.74, 6) is -0.423. The van der Waals surface area contributed by atoms with E-state index in [1.165, 1.54) is 16.7 Å². The highest BCUT2D eigenvalue weighted by Crippen LogP contribution is 2.24. The molecule has 1 amide bonds. The third-order valence-corrected chi connectivity index (χ3v) is 4.58. The Morgan fingerprint density at radius 1 is 1.40 bits per heavy atom. The van der Waals surface area contributed by atoms with Crippen LogP contribution in [0.4, 0.5) is 0 Å². The summed E-state index contributed by atoms with van der Waals surface area (Å²) in [5.41, 5.74) is 14.2. The van der Waals surface area contributed by atoms with Crippen molar-refractivity contribution >= 4 is 12.1 Å². The van der Waals surface area contributed by atoms with Gasteiger partial charge in [0.15, 0.2) is 0 Å². The number of primary amides is 1. The minimum Gasteiger partial charge on any atom is -0.366 e. The second kappa shape index (κ2) is 10.5. The van der Waals surface area contributed by atoms with Crippen LogP contribution in [0, 0.1) is 0 Å². The van der Waals surface area contributed by atoms with Crippen molar-refractivity contribution in [3.8, 4) is 0 Å². The predicted octanol–water partition coefficient (Wildman–Crippen LogP) is 4.98. The Bertz CT molecular complexity index is 696. The Kier molecular flexibility index (Phi) is 8.66. The number of nitrogens with two attached hydrogens (primary N) is 1. The lowest BCUT2D eigenvalue weighted by Gasteiger charge is -2.15. The van der Waals surface area contributed by atoms with E-state index < -0.39 is 5.91 Å². The molecule has 0 fully saturated rings. The van der Waals surface area contributed by atoms with Crippen LogP contribution in [0.15, 0.2) is 69.5 Å². The van der Waals surface area contributed by atoms with Crippen molar-refractivity contribution in [2.45, 2.75) is 59.4 Å². The van der Waals surface area contributed by atoms with Gasteiger partial charge in [-0.1, -0.05) is 47.6 Å². The molecule has 1 unspecified atom stereocenters. The Morgan fingerprint density at radius 3 is 2.68 bits per heavy atom. The summed E-state index contributed by atoms with van der Waals surface area (Å²) < 4.78 is 0. The van der Waals surface area contributed by atoms with Gasteiger partial charge in [-0.2, -0.15) is 0 Å². The molecule has 25 heavy (non-hydrogen) atoms. The summed E-state index contributed by atoms with van der Waals surface area (Å²) >= 11 is 0. The molecule has 1 rings (SSSR count). The Labute approximate surface area is 152 Å². The van der Waals surface area contributed by atoms with E-state index in [1.54, 1.807) is 12.3 Å². The van der Waals surface area contributed by atoms with Crippen LogP contribution < -0.4 is 5.73 Å². The first-order valence-electron chi connectivity index (χ1n) is 8.77. The van der Waals surface area contributed by atoms with Crippen LogP contribution in [-0.4, -0.2) is 18.2 Å². The molecule has 134 valence electrons. The molecule has 0 saturated heterocycles. The number of carbonyl (C=O) groups is 1. The number of allylic oxidation sites excluding steroid dienone is 7. The van der Waals surface area contributed by atoms with Gasteiger partial charge in [0.25, 0.3) is 0 Å². The molecule has 0 aromatic rings. The number of hydrogen-bond acceptors (Lipinski definition) is 2. The van der Waals surface area contributed by atoms with E-state index in [4.69, 9.17) is 5.73 Å². The van der Waals surface area contributed by atoms with Gasteiger partial charge >= 0.3 is 0 Å². The Balaban J connectivity index is 2.78. The summed E-state index contributed by atoms with van der Waals surface area (Å²) in [6, 6.07) is -0.262. The summed E-state index contributed by atoms with van der Waals surface area (Å²) in [5, 5.41) is 0. The largest absolute Gasteiger partial charge is 0.366 e. The summed E-state index contributed by atoms with van der Waals surface area (Å²) in [7, 11) is 0. The average Bonchev–Trinajstić information content (AvgIpc) is 2.74. The van der Waals surface area contributed by atoms with E-state index >= 15 is 0 Å². The lowest BCUT2D eigenvalue weighted by Crippen LogP contribution is -2.23. The van der Waals surface area contributed by atoms with Crippen LogP contribution in [0.25, 0.3) is 0 Å². The average molecular weight is 338 g/mol. The molecule has 0 aromatic carbocycles. The Morgan fingerprint density at radius 2 is 2.12 bits per heavy atom. The molecule has 0 radical (unpaired) electrons. The van der Waals surface area contributed by atoms with Crippen LogP contribution in [0.2, 0.25) is 0 Å². The normalized spacial score (nSPS) is 16.5. The monoisotopic (exact) mass is 338 g/mol. The summed E-state index contributed by atoms with van der Waals surface area (Å²) in [6.07, 6.45) is 13.5. The van der Waals surface area contributed by atoms with Crippen molar-refractivity contribution < 1.29 is 4.79 Å². The van der Waals surface area contributed by atoms with E-state index in [2.05, 4.69) is 49.4 Å². The molecule has 0 aliphatic heterocycles. The molecule has 3 heteroatoms. The number of amides is 1. The highest BCUT2D eigenvalue weighted by Gasteiger charge is 2.18. The summed E-state index contributed by atoms with van der Waals surface area (Å²) in [4.78, 5) is 16.0. The van der Waals surface area contributed by atoms with E-state index in [9.17, 15) is 4.79 Å². The van der Waals surface area contributed by atoms with Crippen molar-refractivity contribution in [1.29, 1.82) is 0 Å². The number of aliphatic imine (C=N–C) groups is 1. The molecular weight excluding hydrogens is 308 g/mol. The number of rotatable bonds is 8. The van der Waals surface area contributed by atoms with Gasteiger partial charge in [0.2, 0.25) is 5.91 Å². The standard InChI is InChI=1S/C22H30N2O/c1-6-18(15-21(24-8-3)20(7-2)22(23)25)13-14-19-11-9-16(4)17(5)10-12-19/h7-9,11-12,21H,1,10,13-15H2,2-5H3,(H2,23,25). The fourth-order valence-corrected chi connectivity index (χ4v) is 2.79. The van der Waals surface area contributed by atoms with Gasteiger partial charge in [0, 0.05) is 12.0 Å². The Hall–Kier alpha value is -2.38. The van der Waals surface area contributed by atoms with Gasteiger partial charge in [-0.25, -0.2) is 0 Å². The first kappa shape index (κ1) is 20.7. The van der Waals surface area contributed by atoms with Crippen molar-refractivity contribution in [2.75, 3.05) is 0 Å². The lowest BCUT2D eigenvalue weighted by atomic mass is 9.94. The molecule has 0 spiro atoms. The topological polar surface area (TPSA) is 55.4 Å². The zero-order chi connectivity index (χ0) is 18.8. The van der Waals surface area contributed by atoms with Crippen molar-refractivity contribution in [2.24, 2.45) is 10.7 Å². The lowest BCUT2D eigenvalue weighted by molar-refractivity contribution is -0.114. The van der Waals surface area contributed by atoms with Crippen molar-refractivity contribution in [3.05, 3.63) is 64.5 Å².